The number of nitrogens with zero attached hydrogens (tertiary/aromatic N) is 1. The summed E-state index contributed by atoms with van der Waals surface area (Å²) in [6.07, 6.45) is 3.41. The highest BCUT2D eigenvalue weighted by Crippen LogP contribution is 2.24. The van der Waals surface area contributed by atoms with Gasteiger partial charge >= 0.3 is 0 Å². The molecule has 0 saturated carbocycles. The van der Waals surface area contributed by atoms with Gasteiger partial charge < -0.3 is 16.2 Å². The second kappa shape index (κ2) is 6.57. The van der Waals surface area contributed by atoms with Gasteiger partial charge in [0.2, 0.25) is 0 Å². The Balaban J connectivity index is 2.14. The smallest absolute Gasteiger partial charge is 0.0743 e. The summed E-state index contributed by atoms with van der Waals surface area (Å²) in [7, 11) is 0. The summed E-state index contributed by atoms with van der Waals surface area (Å²) in [5.41, 5.74) is 8.33. The van der Waals surface area contributed by atoms with Gasteiger partial charge in [-0.25, -0.2) is 0 Å². The Morgan fingerprint density at radius 2 is 2.00 bits per heavy atom. The Morgan fingerprint density at radius 3 is 2.70 bits per heavy atom. The standard InChI is InChI=1S/C16H23N3O/c1-3-11(4-2)16(20)10-19-14-7-8-18-15-9-12(17)5-6-13(14)15/h5-9,11,16,20H,3-4,10,17H2,1-2H3,(H,18,19). The van der Waals surface area contributed by atoms with E-state index in [9.17, 15) is 5.11 Å². The molecular weight excluding hydrogens is 250 g/mol. The van der Waals surface area contributed by atoms with Gasteiger partial charge in [0, 0.05) is 29.5 Å². The van der Waals surface area contributed by atoms with Crippen LogP contribution in [0.2, 0.25) is 0 Å². The number of fused-ring (bicyclic) bond motifs is 1. The molecule has 1 aromatic heterocycles. The first-order chi connectivity index (χ1) is 9.65. The molecule has 4 nitrogen and oxygen atoms in total. The van der Waals surface area contributed by atoms with Crippen LogP contribution < -0.4 is 11.1 Å². The fourth-order valence-electron chi connectivity index (χ4n) is 2.53. The highest BCUT2D eigenvalue weighted by molar-refractivity contribution is 5.92. The van der Waals surface area contributed by atoms with Crippen LogP contribution in [0.3, 0.4) is 0 Å². The zero-order valence-corrected chi connectivity index (χ0v) is 12.1. The molecule has 4 heteroatoms. The maximum absolute atomic E-state index is 10.2. The minimum absolute atomic E-state index is 0.331. The quantitative estimate of drug-likeness (QED) is 0.707. The van der Waals surface area contributed by atoms with Gasteiger partial charge in [-0.1, -0.05) is 26.7 Å². The molecule has 0 aliphatic carbocycles. The molecule has 0 spiro atoms. The third-order valence-corrected chi connectivity index (χ3v) is 3.86. The Bertz CT molecular complexity index is 567. The number of nitrogen functional groups attached to an aromatic ring is 1. The van der Waals surface area contributed by atoms with E-state index in [0.717, 1.165) is 29.4 Å². The van der Waals surface area contributed by atoms with Crippen LogP contribution in [0.1, 0.15) is 26.7 Å². The van der Waals surface area contributed by atoms with E-state index in [1.807, 2.05) is 24.3 Å². The topological polar surface area (TPSA) is 71.2 Å². The molecule has 108 valence electrons. The second-order valence-corrected chi connectivity index (χ2v) is 5.16. The van der Waals surface area contributed by atoms with E-state index in [2.05, 4.69) is 24.1 Å². The van der Waals surface area contributed by atoms with E-state index < -0.39 is 0 Å². The van der Waals surface area contributed by atoms with Crippen LogP contribution in [-0.2, 0) is 0 Å². The van der Waals surface area contributed by atoms with Crippen LogP contribution in [0.25, 0.3) is 10.9 Å². The van der Waals surface area contributed by atoms with Gasteiger partial charge in [0.15, 0.2) is 0 Å². The SMILES string of the molecule is CCC(CC)C(O)CNc1ccnc2cc(N)ccc12. The molecule has 0 bridgehead atoms. The number of hydrogen-bond donors (Lipinski definition) is 3. The molecule has 2 rings (SSSR count). The number of nitrogens with two attached hydrogens (primary N) is 1. The fourth-order valence-corrected chi connectivity index (χ4v) is 2.53. The minimum atomic E-state index is -0.331. The summed E-state index contributed by atoms with van der Waals surface area (Å²) in [5, 5.41) is 14.5. The first-order valence-electron chi connectivity index (χ1n) is 7.21. The number of anilines is 2. The predicted molar refractivity (Wildman–Crippen MR) is 84.7 cm³/mol. The van der Waals surface area contributed by atoms with Crippen LogP contribution in [0, 0.1) is 5.92 Å². The molecule has 0 fully saturated rings. The lowest BCUT2D eigenvalue weighted by Crippen LogP contribution is -2.27. The number of aliphatic hydroxyl groups is 1. The van der Waals surface area contributed by atoms with E-state index in [1.54, 1.807) is 6.20 Å². The molecule has 0 saturated heterocycles. The van der Waals surface area contributed by atoms with E-state index in [0.29, 0.717) is 18.2 Å². The first kappa shape index (κ1) is 14.6. The lowest BCUT2D eigenvalue weighted by atomic mass is 9.96. The summed E-state index contributed by atoms with van der Waals surface area (Å²) in [4.78, 5) is 4.31. The van der Waals surface area contributed by atoms with Gasteiger partial charge in [-0.05, 0) is 30.2 Å². The predicted octanol–water partition coefficient (Wildman–Crippen LogP) is 3.03. The van der Waals surface area contributed by atoms with Crippen LogP contribution in [-0.4, -0.2) is 22.7 Å². The maximum Gasteiger partial charge on any atom is 0.0743 e. The second-order valence-electron chi connectivity index (χ2n) is 5.16. The first-order valence-corrected chi connectivity index (χ1v) is 7.21. The van der Waals surface area contributed by atoms with Gasteiger partial charge in [0.1, 0.15) is 0 Å². The number of aliphatic hydroxyl groups excluding tert-OH is 1. The van der Waals surface area contributed by atoms with Crippen molar-refractivity contribution in [2.75, 3.05) is 17.6 Å². The zero-order valence-electron chi connectivity index (χ0n) is 12.1. The van der Waals surface area contributed by atoms with Crippen molar-refractivity contribution in [2.24, 2.45) is 5.92 Å². The van der Waals surface area contributed by atoms with Crippen molar-refractivity contribution >= 4 is 22.3 Å². The normalized spacial score (nSPS) is 12.8. The third-order valence-electron chi connectivity index (χ3n) is 3.86. The number of benzene rings is 1. The van der Waals surface area contributed by atoms with Crippen molar-refractivity contribution in [1.82, 2.24) is 4.98 Å². The van der Waals surface area contributed by atoms with E-state index in [-0.39, 0.29) is 6.10 Å². The summed E-state index contributed by atoms with van der Waals surface area (Å²) >= 11 is 0. The van der Waals surface area contributed by atoms with Crippen LogP contribution in [0.4, 0.5) is 11.4 Å². The van der Waals surface area contributed by atoms with Gasteiger partial charge in [0.05, 0.1) is 11.6 Å². The van der Waals surface area contributed by atoms with Crippen molar-refractivity contribution < 1.29 is 5.11 Å². The average Bonchev–Trinajstić information content (AvgIpc) is 2.45. The summed E-state index contributed by atoms with van der Waals surface area (Å²) in [5.74, 6) is 0.339. The van der Waals surface area contributed by atoms with Crippen molar-refractivity contribution in [3.8, 4) is 0 Å². The van der Waals surface area contributed by atoms with E-state index >= 15 is 0 Å². The van der Waals surface area contributed by atoms with Crippen molar-refractivity contribution in [1.29, 1.82) is 0 Å². The molecule has 0 aliphatic heterocycles. The monoisotopic (exact) mass is 273 g/mol. The molecule has 2 aromatic rings. The highest BCUT2D eigenvalue weighted by Gasteiger charge is 2.15. The number of hydrogen-bond acceptors (Lipinski definition) is 4. The van der Waals surface area contributed by atoms with Crippen LogP contribution >= 0.6 is 0 Å². The summed E-state index contributed by atoms with van der Waals surface area (Å²) in [6, 6.07) is 7.62. The molecule has 0 radical (unpaired) electrons. The molecule has 4 N–H and O–H groups in total. The average molecular weight is 273 g/mol. The van der Waals surface area contributed by atoms with Crippen LogP contribution in [0.15, 0.2) is 30.5 Å². The molecule has 0 amide bonds. The molecule has 20 heavy (non-hydrogen) atoms. The largest absolute Gasteiger partial charge is 0.399 e. The Morgan fingerprint density at radius 1 is 1.25 bits per heavy atom. The molecule has 0 aliphatic rings. The maximum atomic E-state index is 10.2. The lowest BCUT2D eigenvalue weighted by Gasteiger charge is -2.21. The van der Waals surface area contributed by atoms with Gasteiger partial charge in [-0.3, -0.25) is 4.98 Å². The number of nitrogens with one attached hydrogen (secondary N) is 1. The summed E-state index contributed by atoms with van der Waals surface area (Å²) in [6.45, 7) is 4.78. The fraction of sp³-hybridized carbons (Fsp3) is 0.438. The van der Waals surface area contributed by atoms with Crippen molar-refractivity contribution in [2.45, 2.75) is 32.8 Å². The van der Waals surface area contributed by atoms with Gasteiger partial charge in [0.25, 0.3) is 0 Å². The number of aromatic nitrogens is 1. The Hall–Kier alpha value is -1.81. The number of rotatable bonds is 6. The highest BCUT2D eigenvalue weighted by atomic mass is 16.3. The number of pyridine rings is 1. The molecule has 1 aromatic carbocycles. The van der Waals surface area contributed by atoms with Crippen LogP contribution in [0.5, 0.6) is 0 Å². The van der Waals surface area contributed by atoms with E-state index in [1.165, 1.54) is 0 Å². The zero-order chi connectivity index (χ0) is 14.5. The van der Waals surface area contributed by atoms with Crippen molar-refractivity contribution in [3.63, 3.8) is 0 Å². The molecule has 1 unspecified atom stereocenters. The molecular formula is C16H23N3O. The third kappa shape index (κ3) is 3.20. The van der Waals surface area contributed by atoms with E-state index in [4.69, 9.17) is 5.73 Å². The van der Waals surface area contributed by atoms with Gasteiger partial charge in [-0.15, -0.1) is 0 Å². The lowest BCUT2D eigenvalue weighted by molar-refractivity contribution is 0.114. The van der Waals surface area contributed by atoms with Crippen molar-refractivity contribution in [3.05, 3.63) is 30.5 Å². The minimum Gasteiger partial charge on any atom is -0.399 e. The Labute approximate surface area is 120 Å². The molecule has 1 atom stereocenters. The molecule has 1 heterocycles. The summed E-state index contributed by atoms with van der Waals surface area (Å²) < 4.78 is 0. The Kier molecular flexibility index (Phi) is 4.79. The van der Waals surface area contributed by atoms with Gasteiger partial charge in [-0.2, -0.15) is 0 Å².